The molecular formula is C10H10. The van der Waals surface area contributed by atoms with Crippen LogP contribution >= 0.6 is 0 Å². The number of hydrogen-bond acceptors (Lipinski definition) is 0. The zero-order valence-electron chi connectivity index (χ0n) is 5.88. The summed E-state index contributed by atoms with van der Waals surface area (Å²) < 4.78 is 0. The minimum absolute atomic E-state index is 1.13. The Morgan fingerprint density at radius 3 is 2.60 bits per heavy atom. The Morgan fingerprint density at radius 2 is 2.10 bits per heavy atom. The Bertz CT molecular complexity index is 249. The molecule has 0 aromatic rings. The van der Waals surface area contributed by atoms with Gasteiger partial charge in [0.1, 0.15) is 0 Å². The van der Waals surface area contributed by atoms with E-state index in [9.17, 15) is 0 Å². The maximum absolute atomic E-state index is 2.28. The van der Waals surface area contributed by atoms with Crippen molar-refractivity contribution in [3.8, 4) is 0 Å². The summed E-state index contributed by atoms with van der Waals surface area (Å²) in [5.74, 6) is 0. The average molecular weight is 130 g/mol. The second kappa shape index (κ2) is 2.30. The van der Waals surface area contributed by atoms with Gasteiger partial charge in [-0.1, -0.05) is 36.5 Å². The molecule has 0 radical (unpaired) electrons. The molecule has 2 rings (SSSR count). The molecule has 0 N–H and O–H groups in total. The third-order valence-corrected chi connectivity index (χ3v) is 1.88. The summed E-state index contributed by atoms with van der Waals surface area (Å²) in [7, 11) is 0. The highest BCUT2D eigenvalue weighted by molar-refractivity contribution is 5.41. The summed E-state index contributed by atoms with van der Waals surface area (Å²) >= 11 is 0. The lowest BCUT2D eigenvalue weighted by Crippen LogP contribution is -1.85. The smallest absolute Gasteiger partial charge is 0.00289 e. The van der Waals surface area contributed by atoms with Gasteiger partial charge in [-0.05, 0) is 24.0 Å². The third kappa shape index (κ3) is 0.971. The fourth-order valence-corrected chi connectivity index (χ4v) is 1.22. The standard InChI is InChI=1S/C10H10/c1-2-5-9(4-1)8-10-6-3-7-10/h1,3-7H,2,8H2. The van der Waals surface area contributed by atoms with Crippen LogP contribution in [0.1, 0.15) is 12.8 Å². The van der Waals surface area contributed by atoms with Crippen molar-refractivity contribution in [2.24, 2.45) is 0 Å². The average Bonchev–Trinajstić information content (AvgIpc) is 2.29. The van der Waals surface area contributed by atoms with E-state index in [0.717, 1.165) is 12.8 Å². The molecule has 0 fully saturated rings. The van der Waals surface area contributed by atoms with Crippen molar-refractivity contribution in [3.05, 3.63) is 47.6 Å². The molecule has 0 unspecified atom stereocenters. The molecular weight excluding hydrogens is 120 g/mol. The van der Waals surface area contributed by atoms with Gasteiger partial charge in [0.05, 0.1) is 0 Å². The Labute approximate surface area is 61.3 Å². The summed E-state index contributed by atoms with van der Waals surface area (Å²) in [4.78, 5) is 0. The third-order valence-electron chi connectivity index (χ3n) is 1.88. The maximum atomic E-state index is 2.28. The van der Waals surface area contributed by atoms with Crippen molar-refractivity contribution < 1.29 is 0 Å². The van der Waals surface area contributed by atoms with Gasteiger partial charge in [0.15, 0.2) is 0 Å². The van der Waals surface area contributed by atoms with Crippen molar-refractivity contribution in [3.63, 3.8) is 0 Å². The molecule has 0 aromatic heterocycles. The number of hydrogen-bond donors (Lipinski definition) is 0. The molecule has 0 saturated carbocycles. The van der Waals surface area contributed by atoms with E-state index in [1.54, 1.807) is 0 Å². The van der Waals surface area contributed by atoms with Crippen LogP contribution in [0.25, 0.3) is 0 Å². The van der Waals surface area contributed by atoms with Gasteiger partial charge in [0, 0.05) is 0 Å². The largest absolute Gasteiger partial charge is 0.0805 e. The summed E-state index contributed by atoms with van der Waals surface area (Å²) in [6, 6.07) is 0. The summed E-state index contributed by atoms with van der Waals surface area (Å²) in [6.45, 7) is 0. The van der Waals surface area contributed by atoms with Crippen molar-refractivity contribution >= 4 is 0 Å². The molecule has 0 aliphatic heterocycles. The van der Waals surface area contributed by atoms with Crippen LogP contribution in [-0.4, -0.2) is 0 Å². The molecule has 10 heavy (non-hydrogen) atoms. The lowest BCUT2D eigenvalue weighted by atomic mass is 10.0. The molecule has 0 amide bonds. The van der Waals surface area contributed by atoms with E-state index < -0.39 is 0 Å². The zero-order chi connectivity index (χ0) is 6.81. The van der Waals surface area contributed by atoms with E-state index in [2.05, 4.69) is 36.5 Å². The topological polar surface area (TPSA) is 0 Å². The highest BCUT2D eigenvalue weighted by Crippen LogP contribution is 2.21. The monoisotopic (exact) mass is 130 g/mol. The summed E-state index contributed by atoms with van der Waals surface area (Å²) in [5, 5.41) is 0. The summed E-state index contributed by atoms with van der Waals surface area (Å²) in [5.41, 5.74) is 2.92. The normalized spacial score (nSPS) is 20.4. The van der Waals surface area contributed by atoms with Gasteiger partial charge in [-0.25, -0.2) is 0 Å². The van der Waals surface area contributed by atoms with Gasteiger partial charge in [-0.2, -0.15) is 0 Å². The van der Waals surface area contributed by atoms with E-state index in [0.29, 0.717) is 0 Å². The molecule has 2 aliphatic carbocycles. The molecule has 0 spiro atoms. The van der Waals surface area contributed by atoms with Crippen LogP contribution in [0.2, 0.25) is 0 Å². The lowest BCUT2D eigenvalue weighted by Gasteiger charge is -2.05. The first-order valence-electron chi connectivity index (χ1n) is 3.68. The molecule has 0 bridgehead atoms. The van der Waals surface area contributed by atoms with E-state index in [1.165, 1.54) is 11.1 Å². The molecule has 0 saturated heterocycles. The van der Waals surface area contributed by atoms with Crippen molar-refractivity contribution in [1.29, 1.82) is 0 Å². The predicted octanol–water partition coefficient (Wildman–Crippen LogP) is 2.76. The highest BCUT2D eigenvalue weighted by atomic mass is 14.1. The van der Waals surface area contributed by atoms with Crippen LogP contribution in [0.4, 0.5) is 0 Å². The minimum atomic E-state index is 1.13. The van der Waals surface area contributed by atoms with Crippen LogP contribution in [0, 0.1) is 0 Å². The first kappa shape index (κ1) is 5.72. The molecule has 2 aliphatic rings. The van der Waals surface area contributed by atoms with Crippen LogP contribution in [0.3, 0.4) is 0 Å². The molecule has 0 atom stereocenters. The predicted molar refractivity (Wildman–Crippen MR) is 43.7 cm³/mol. The molecule has 0 aromatic carbocycles. The van der Waals surface area contributed by atoms with Crippen LogP contribution < -0.4 is 0 Å². The van der Waals surface area contributed by atoms with E-state index in [4.69, 9.17) is 0 Å². The number of allylic oxidation sites excluding steroid dienone is 8. The van der Waals surface area contributed by atoms with Gasteiger partial charge >= 0.3 is 0 Å². The minimum Gasteiger partial charge on any atom is -0.0805 e. The van der Waals surface area contributed by atoms with Crippen molar-refractivity contribution in [2.45, 2.75) is 12.8 Å². The Kier molecular flexibility index (Phi) is 1.31. The van der Waals surface area contributed by atoms with Crippen LogP contribution in [0.15, 0.2) is 47.6 Å². The Morgan fingerprint density at radius 1 is 1.20 bits per heavy atom. The second-order valence-corrected chi connectivity index (χ2v) is 2.69. The fraction of sp³-hybridized carbons (Fsp3) is 0.200. The molecule has 50 valence electrons. The van der Waals surface area contributed by atoms with Crippen LogP contribution in [0.5, 0.6) is 0 Å². The van der Waals surface area contributed by atoms with Gasteiger partial charge in [-0.15, -0.1) is 0 Å². The maximum Gasteiger partial charge on any atom is -0.00289 e. The van der Waals surface area contributed by atoms with Crippen molar-refractivity contribution in [2.75, 3.05) is 0 Å². The fourth-order valence-electron chi connectivity index (χ4n) is 1.22. The highest BCUT2D eigenvalue weighted by Gasteiger charge is 2.02. The lowest BCUT2D eigenvalue weighted by molar-refractivity contribution is 1.19. The molecule has 0 nitrogen and oxygen atoms in total. The first-order chi connectivity index (χ1) is 4.95. The Balaban J connectivity index is 1.96. The Hall–Kier alpha value is -1.04. The zero-order valence-corrected chi connectivity index (χ0v) is 5.88. The molecule has 0 heterocycles. The summed E-state index contributed by atoms with van der Waals surface area (Å²) in [6.07, 6.45) is 15.4. The van der Waals surface area contributed by atoms with E-state index in [-0.39, 0.29) is 0 Å². The molecule has 0 heteroatoms. The van der Waals surface area contributed by atoms with E-state index >= 15 is 0 Å². The quantitative estimate of drug-likeness (QED) is 0.539. The van der Waals surface area contributed by atoms with E-state index in [1.807, 2.05) is 0 Å². The first-order valence-corrected chi connectivity index (χ1v) is 3.68. The second-order valence-electron chi connectivity index (χ2n) is 2.69. The SMILES string of the molecule is C1=CC(CC2=CCC=C2)=C1. The van der Waals surface area contributed by atoms with Gasteiger partial charge in [0.25, 0.3) is 0 Å². The number of rotatable bonds is 2. The van der Waals surface area contributed by atoms with Crippen molar-refractivity contribution in [1.82, 2.24) is 0 Å². The van der Waals surface area contributed by atoms with Gasteiger partial charge in [0.2, 0.25) is 0 Å². The van der Waals surface area contributed by atoms with Gasteiger partial charge in [-0.3, -0.25) is 0 Å². The van der Waals surface area contributed by atoms with Crippen LogP contribution in [-0.2, 0) is 0 Å². The van der Waals surface area contributed by atoms with Gasteiger partial charge < -0.3 is 0 Å².